The third kappa shape index (κ3) is 4.94. The highest BCUT2D eigenvalue weighted by Crippen LogP contribution is 2.40. The van der Waals surface area contributed by atoms with Crippen LogP contribution in [0.4, 0.5) is 0 Å². The summed E-state index contributed by atoms with van der Waals surface area (Å²) in [6, 6.07) is 49.0. The highest BCUT2D eigenvalue weighted by atomic mass is 28.3. The molecular formula is C42H42Si. The smallest absolute Gasteiger partial charge is 0.0654 e. The molecule has 43 heavy (non-hydrogen) atoms. The Morgan fingerprint density at radius 2 is 0.860 bits per heavy atom. The number of rotatable bonds is 10. The van der Waals surface area contributed by atoms with E-state index >= 15 is 0 Å². The Bertz CT molecular complexity index is 1760. The lowest BCUT2D eigenvalue weighted by Crippen LogP contribution is -2.55. The second-order valence-corrected chi connectivity index (χ2v) is 16.8. The highest BCUT2D eigenvalue weighted by molar-refractivity contribution is 7.05. The lowest BCUT2D eigenvalue weighted by molar-refractivity contribution is 0.744. The molecule has 0 saturated heterocycles. The van der Waals surface area contributed by atoms with E-state index in [2.05, 4.69) is 135 Å². The van der Waals surface area contributed by atoms with E-state index in [1.165, 1.54) is 106 Å². The minimum absolute atomic E-state index is 1.28. The van der Waals surface area contributed by atoms with Crippen LogP contribution in [0.3, 0.4) is 0 Å². The first-order chi connectivity index (χ1) is 21.2. The summed E-state index contributed by atoms with van der Waals surface area (Å²) in [5, 5.41) is 8.66. The zero-order chi connectivity index (χ0) is 29.2. The molecule has 1 heterocycles. The number of fused-ring (bicyclic) bond motifs is 5. The quantitative estimate of drug-likeness (QED) is 0.113. The lowest BCUT2D eigenvalue weighted by Gasteiger charge is -2.30. The third-order valence-corrected chi connectivity index (χ3v) is 15.3. The van der Waals surface area contributed by atoms with Crippen molar-refractivity contribution >= 4 is 40.0 Å². The van der Waals surface area contributed by atoms with E-state index in [4.69, 9.17) is 0 Å². The van der Waals surface area contributed by atoms with Crippen molar-refractivity contribution in [2.45, 2.75) is 64.5 Å². The summed E-state index contributed by atoms with van der Waals surface area (Å²) in [7, 11) is -1.90. The van der Waals surface area contributed by atoms with Crippen molar-refractivity contribution in [1.29, 1.82) is 0 Å². The topological polar surface area (TPSA) is 0 Å². The van der Waals surface area contributed by atoms with Crippen LogP contribution >= 0.6 is 0 Å². The molecule has 7 rings (SSSR count). The van der Waals surface area contributed by atoms with Crippen LogP contribution in [0.25, 0.3) is 54.9 Å². The maximum atomic E-state index is 2.56. The minimum Gasteiger partial charge on any atom is -0.0654 e. The van der Waals surface area contributed by atoms with Crippen molar-refractivity contribution < 1.29 is 0 Å². The van der Waals surface area contributed by atoms with E-state index in [-0.39, 0.29) is 0 Å². The van der Waals surface area contributed by atoms with Crippen molar-refractivity contribution in [3.63, 3.8) is 0 Å². The summed E-state index contributed by atoms with van der Waals surface area (Å²) in [5.74, 6) is 0. The first kappa shape index (κ1) is 27.9. The molecule has 0 amide bonds. The van der Waals surface area contributed by atoms with Gasteiger partial charge in [-0.05, 0) is 89.5 Å². The van der Waals surface area contributed by atoms with Gasteiger partial charge in [0.2, 0.25) is 0 Å². The Kier molecular flexibility index (Phi) is 7.76. The zero-order valence-electron chi connectivity index (χ0n) is 25.7. The normalized spacial score (nSPS) is 13.3. The molecule has 0 atom stereocenters. The number of benzene rings is 6. The van der Waals surface area contributed by atoms with E-state index in [0.717, 1.165) is 0 Å². The van der Waals surface area contributed by atoms with Crippen LogP contribution in [0.2, 0.25) is 12.1 Å². The highest BCUT2D eigenvalue weighted by Gasteiger charge is 2.44. The van der Waals surface area contributed by atoms with Crippen LogP contribution < -0.4 is 10.4 Å². The van der Waals surface area contributed by atoms with Crippen LogP contribution in [-0.2, 0) is 0 Å². The molecule has 1 heteroatoms. The molecule has 0 saturated carbocycles. The van der Waals surface area contributed by atoms with Gasteiger partial charge in [-0.3, -0.25) is 0 Å². The van der Waals surface area contributed by atoms with Crippen molar-refractivity contribution in [2.24, 2.45) is 0 Å². The molecule has 6 aromatic carbocycles. The fourth-order valence-electron chi connectivity index (χ4n) is 7.82. The molecule has 0 N–H and O–H groups in total. The molecule has 0 spiro atoms. The predicted octanol–water partition coefficient (Wildman–Crippen LogP) is 11.3. The van der Waals surface area contributed by atoms with Gasteiger partial charge in [-0.2, -0.15) is 0 Å². The Labute approximate surface area is 258 Å². The van der Waals surface area contributed by atoms with Gasteiger partial charge in [0.1, 0.15) is 8.07 Å². The van der Waals surface area contributed by atoms with Crippen LogP contribution in [0.5, 0.6) is 0 Å². The Balaban J connectivity index is 1.44. The standard InChI is InChI=1S/C42H42Si/c1-3-5-11-27-43(28-12-6-4-2)41-25-23-33(37-21-13-17-31-15-7-9-19-35(31)37)29-39(41)40-30-34(24-26-42(40)43)38-22-14-18-32-16-8-10-20-36(32)38/h7-10,13-26,29-30H,3-6,11-12,27-28H2,1-2H3. The summed E-state index contributed by atoms with van der Waals surface area (Å²) in [6.07, 6.45) is 7.89. The molecular weight excluding hydrogens is 533 g/mol. The lowest BCUT2D eigenvalue weighted by atomic mass is 9.93. The average molecular weight is 575 g/mol. The summed E-state index contributed by atoms with van der Waals surface area (Å²) in [5.41, 5.74) is 8.35. The third-order valence-electron chi connectivity index (χ3n) is 9.98. The molecule has 0 bridgehead atoms. The molecule has 6 aromatic rings. The SMILES string of the molecule is CCCCC[Si]1(CCCCC)c2ccc(-c3cccc4ccccc34)cc2-c2cc(-c3cccc4ccccc34)ccc21. The van der Waals surface area contributed by atoms with Crippen LogP contribution in [0.1, 0.15) is 52.4 Å². The molecule has 214 valence electrons. The fourth-order valence-corrected chi connectivity index (χ4v) is 13.4. The average Bonchev–Trinajstić information content (AvgIpc) is 3.32. The first-order valence-corrected chi connectivity index (χ1v) is 18.9. The molecule has 1 aliphatic rings. The van der Waals surface area contributed by atoms with Crippen LogP contribution in [-0.4, -0.2) is 8.07 Å². The fraction of sp³-hybridized carbons (Fsp3) is 0.238. The van der Waals surface area contributed by atoms with Crippen LogP contribution in [0, 0.1) is 0 Å². The summed E-state index contributed by atoms with van der Waals surface area (Å²) in [4.78, 5) is 0. The van der Waals surface area contributed by atoms with Crippen LogP contribution in [0.15, 0.2) is 121 Å². The summed E-state index contributed by atoms with van der Waals surface area (Å²) < 4.78 is 0. The van der Waals surface area contributed by atoms with E-state index in [9.17, 15) is 0 Å². The molecule has 0 aliphatic carbocycles. The predicted molar refractivity (Wildman–Crippen MR) is 191 cm³/mol. The summed E-state index contributed by atoms with van der Waals surface area (Å²) >= 11 is 0. The number of unbranched alkanes of at least 4 members (excludes halogenated alkanes) is 4. The maximum absolute atomic E-state index is 2.56. The monoisotopic (exact) mass is 574 g/mol. The van der Waals surface area contributed by atoms with Gasteiger partial charge in [0.15, 0.2) is 0 Å². The molecule has 1 aliphatic heterocycles. The van der Waals surface area contributed by atoms with Gasteiger partial charge in [0.05, 0.1) is 0 Å². The van der Waals surface area contributed by atoms with Gasteiger partial charge in [-0.25, -0.2) is 0 Å². The van der Waals surface area contributed by atoms with Gasteiger partial charge in [0.25, 0.3) is 0 Å². The maximum Gasteiger partial charge on any atom is 0.119 e. The van der Waals surface area contributed by atoms with Crippen molar-refractivity contribution in [3.05, 3.63) is 121 Å². The minimum atomic E-state index is -1.90. The van der Waals surface area contributed by atoms with Gasteiger partial charge in [-0.15, -0.1) is 0 Å². The van der Waals surface area contributed by atoms with Gasteiger partial charge in [0, 0.05) is 0 Å². The Morgan fingerprint density at radius 3 is 1.33 bits per heavy atom. The van der Waals surface area contributed by atoms with Crippen molar-refractivity contribution in [3.8, 4) is 33.4 Å². The van der Waals surface area contributed by atoms with E-state index in [1.807, 2.05) is 0 Å². The first-order valence-electron chi connectivity index (χ1n) is 16.5. The van der Waals surface area contributed by atoms with E-state index < -0.39 is 8.07 Å². The van der Waals surface area contributed by atoms with Gasteiger partial charge in [-0.1, -0.05) is 162 Å². The van der Waals surface area contributed by atoms with E-state index in [1.54, 1.807) is 10.4 Å². The second kappa shape index (κ2) is 12.0. The van der Waals surface area contributed by atoms with Crippen molar-refractivity contribution in [1.82, 2.24) is 0 Å². The molecule has 0 nitrogen and oxygen atoms in total. The zero-order valence-corrected chi connectivity index (χ0v) is 26.7. The Morgan fingerprint density at radius 1 is 0.419 bits per heavy atom. The number of hydrogen-bond donors (Lipinski definition) is 0. The van der Waals surface area contributed by atoms with E-state index in [0.29, 0.717) is 0 Å². The largest absolute Gasteiger partial charge is 0.119 e. The summed E-state index contributed by atoms with van der Waals surface area (Å²) in [6.45, 7) is 4.68. The van der Waals surface area contributed by atoms with Crippen molar-refractivity contribution in [2.75, 3.05) is 0 Å². The molecule has 0 aromatic heterocycles. The molecule has 0 fully saturated rings. The van der Waals surface area contributed by atoms with Gasteiger partial charge < -0.3 is 0 Å². The molecule has 0 unspecified atom stereocenters. The van der Waals surface area contributed by atoms with Gasteiger partial charge >= 0.3 is 0 Å². The number of hydrogen-bond acceptors (Lipinski definition) is 0. The Hall–Kier alpha value is -3.94. The molecule has 0 radical (unpaired) electrons. The second-order valence-electron chi connectivity index (χ2n) is 12.6.